The van der Waals surface area contributed by atoms with E-state index >= 15 is 0 Å². The standard InChI is InChI=1S/C24H22N6O6S/c1-14-26-22-16(24(33)30(14)19-10-11-21(31)27-23(19)32)6-5-7-17(22)28-37(34,35)15-12-25-29(13-15)18-8-3-4-9-20(18)36-2/h3-9,12-13,19H,10-11H2,1-2H3,(H2-,27,28,31,32,34,35). The van der Waals surface area contributed by atoms with Crippen LogP contribution in [0.5, 0.6) is 5.75 Å². The zero-order chi connectivity index (χ0) is 26.3. The van der Waals surface area contributed by atoms with E-state index in [2.05, 4.69) is 20.1 Å². The van der Waals surface area contributed by atoms with E-state index in [1.807, 2.05) is 0 Å². The Morgan fingerprint density at radius 3 is 2.70 bits per heavy atom. The highest BCUT2D eigenvalue weighted by atomic mass is 32.3. The van der Waals surface area contributed by atoms with Crippen molar-refractivity contribution in [3.8, 4) is 11.4 Å². The minimum Gasteiger partial charge on any atom is -0.588 e. The molecule has 0 saturated carbocycles. The molecule has 0 bridgehead atoms. The van der Waals surface area contributed by atoms with Gasteiger partial charge in [0.25, 0.3) is 5.56 Å². The molecule has 1 aliphatic heterocycles. The largest absolute Gasteiger partial charge is 0.588 e. The number of carbonyl (C=O) groups excluding carboxylic acids is 2. The number of fused-ring (bicyclic) bond motifs is 1. The number of sulfonamides is 1. The summed E-state index contributed by atoms with van der Waals surface area (Å²) in [6.45, 7) is 1.55. The summed E-state index contributed by atoms with van der Waals surface area (Å²) in [5.74, 6) is -0.246. The molecule has 2 atom stereocenters. The molecule has 0 spiro atoms. The van der Waals surface area contributed by atoms with Gasteiger partial charge < -0.3 is 9.29 Å². The van der Waals surface area contributed by atoms with Crippen LogP contribution >= 0.6 is 0 Å². The van der Waals surface area contributed by atoms with Gasteiger partial charge >= 0.3 is 0 Å². The Balaban J connectivity index is 1.51. The van der Waals surface area contributed by atoms with Crippen molar-refractivity contribution < 1.29 is 23.1 Å². The van der Waals surface area contributed by atoms with Gasteiger partial charge in [0.05, 0.1) is 18.7 Å². The van der Waals surface area contributed by atoms with E-state index in [9.17, 15) is 23.1 Å². The Labute approximate surface area is 211 Å². The Hall–Kier alpha value is -4.36. The molecule has 2 N–H and O–H groups in total. The number of piperidine rings is 1. The molecule has 37 heavy (non-hydrogen) atoms. The average molecular weight is 523 g/mol. The molecule has 0 aliphatic carbocycles. The highest BCUT2D eigenvalue weighted by molar-refractivity contribution is 7.99. The van der Waals surface area contributed by atoms with Crippen LogP contribution in [0.3, 0.4) is 0 Å². The number of benzene rings is 2. The van der Waals surface area contributed by atoms with Crippen molar-refractivity contribution in [3.63, 3.8) is 0 Å². The number of aryl methyl sites for hydroxylation is 1. The van der Waals surface area contributed by atoms with E-state index in [4.69, 9.17) is 4.74 Å². The lowest BCUT2D eigenvalue weighted by Crippen LogP contribution is -2.45. The van der Waals surface area contributed by atoms with E-state index in [1.165, 1.54) is 47.0 Å². The van der Waals surface area contributed by atoms with Gasteiger partial charge in [0, 0.05) is 6.42 Å². The first-order valence-electron chi connectivity index (χ1n) is 11.3. The first-order valence-corrected chi connectivity index (χ1v) is 12.7. The number of nitrogens with zero attached hydrogens (tertiary/aromatic N) is 4. The summed E-state index contributed by atoms with van der Waals surface area (Å²) in [4.78, 5) is 41.6. The molecule has 2 aromatic heterocycles. The first-order chi connectivity index (χ1) is 17.7. The van der Waals surface area contributed by atoms with Crippen LogP contribution in [0, 0.1) is 6.92 Å². The van der Waals surface area contributed by atoms with E-state index in [-0.39, 0.29) is 40.2 Å². The van der Waals surface area contributed by atoms with Crippen molar-refractivity contribution >= 4 is 38.8 Å². The highest BCUT2D eigenvalue weighted by Crippen LogP contribution is 2.28. The number of hydrogen-bond donors (Lipinski definition) is 2. The fourth-order valence-corrected chi connectivity index (χ4v) is 5.30. The molecule has 1 aliphatic rings. The van der Waals surface area contributed by atoms with Gasteiger partial charge in [-0.15, -0.1) is 0 Å². The second kappa shape index (κ2) is 9.26. The maximum atomic E-state index is 13.3. The molecular formula is C24H22N6O6S. The normalized spacial score (nSPS) is 17.3. The molecular weight excluding hydrogens is 500 g/mol. The van der Waals surface area contributed by atoms with Gasteiger partial charge in [0.1, 0.15) is 40.7 Å². The second-order valence-electron chi connectivity index (χ2n) is 8.40. The fraction of sp³-hybridized carbons (Fsp3) is 0.208. The Morgan fingerprint density at radius 2 is 1.95 bits per heavy atom. The van der Waals surface area contributed by atoms with Crippen molar-refractivity contribution in [2.45, 2.75) is 30.7 Å². The fourth-order valence-electron chi connectivity index (χ4n) is 4.31. The van der Waals surface area contributed by atoms with Gasteiger partial charge in [-0.05, 0) is 37.6 Å². The van der Waals surface area contributed by atoms with Crippen LogP contribution in [0.2, 0.25) is 0 Å². The molecule has 1 fully saturated rings. The number of carbonyl (C=O) groups is 2. The summed E-state index contributed by atoms with van der Waals surface area (Å²) in [7, 11) is -2.60. The monoisotopic (exact) mass is 522 g/mol. The van der Waals surface area contributed by atoms with Gasteiger partial charge in [0.15, 0.2) is 10.4 Å². The van der Waals surface area contributed by atoms with Crippen LogP contribution in [0.4, 0.5) is 5.69 Å². The lowest BCUT2D eigenvalue weighted by molar-refractivity contribution is -0.135. The zero-order valence-electron chi connectivity index (χ0n) is 19.8. The van der Waals surface area contributed by atoms with Crippen molar-refractivity contribution in [3.05, 3.63) is 71.0 Å². The number of methoxy groups -OCH3 is 1. The van der Waals surface area contributed by atoms with E-state index < -0.39 is 33.8 Å². The summed E-state index contributed by atoms with van der Waals surface area (Å²) < 4.78 is 36.9. The molecule has 2 amide bonds. The number of ether oxygens (including phenoxy) is 1. The summed E-state index contributed by atoms with van der Waals surface area (Å²) in [5, 5.41) is 6.52. The van der Waals surface area contributed by atoms with Gasteiger partial charge in [-0.1, -0.05) is 22.4 Å². The number of para-hydroxylation sites is 3. The third-order valence-corrected chi connectivity index (χ3v) is 7.39. The summed E-state index contributed by atoms with van der Waals surface area (Å²) in [5.41, 5.74) is 0.275. The predicted octanol–water partition coefficient (Wildman–Crippen LogP) is 1.89. The highest BCUT2D eigenvalue weighted by Gasteiger charge is 2.31. The van der Waals surface area contributed by atoms with Crippen molar-refractivity contribution in [2.75, 3.05) is 11.8 Å². The molecule has 13 heteroatoms. The summed E-state index contributed by atoms with van der Waals surface area (Å²) in [6, 6.07) is 10.7. The summed E-state index contributed by atoms with van der Waals surface area (Å²) in [6.07, 6.45) is 2.82. The molecule has 12 nitrogen and oxygen atoms in total. The van der Waals surface area contributed by atoms with Gasteiger partial charge in [-0.25, -0.2) is 14.4 Å². The number of nitrogens with one attached hydrogen (secondary N) is 2. The minimum atomic E-state index is -4.11. The van der Waals surface area contributed by atoms with Crippen LogP contribution in [0.25, 0.3) is 16.6 Å². The Morgan fingerprint density at radius 1 is 1.16 bits per heavy atom. The third kappa shape index (κ3) is 4.38. The first kappa shape index (κ1) is 24.3. The maximum absolute atomic E-state index is 13.3. The molecule has 2 unspecified atom stereocenters. The van der Waals surface area contributed by atoms with Crippen LogP contribution < -0.4 is 20.3 Å². The van der Waals surface area contributed by atoms with E-state index in [0.717, 1.165) is 0 Å². The second-order valence-corrected chi connectivity index (χ2v) is 10.1. The molecule has 190 valence electrons. The summed E-state index contributed by atoms with van der Waals surface area (Å²) >= 11 is 0. The topological polar surface area (TPSA) is 160 Å². The van der Waals surface area contributed by atoms with Gasteiger partial charge in [0.2, 0.25) is 16.7 Å². The molecule has 4 aromatic rings. The van der Waals surface area contributed by atoms with E-state index in [1.54, 1.807) is 31.2 Å². The molecule has 5 rings (SSSR count). The lowest BCUT2D eigenvalue weighted by Gasteiger charge is -2.24. The third-order valence-electron chi connectivity index (χ3n) is 6.07. The number of anilines is 1. The molecule has 2 aromatic carbocycles. The van der Waals surface area contributed by atoms with Gasteiger partial charge in [-0.2, -0.15) is 5.10 Å². The number of hydrogen-bond acceptors (Lipinski definition) is 8. The van der Waals surface area contributed by atoms with Crippen LogP contribution in [-0.4, -0.2) is 42.8 Å². The van der Waals surface area contributed by atoms with Gasteiger partial charge in [-0.3, -0.25) is 24.3 Å². The van der Waals surface area contributed by atoms with E-state index in [0.29, 0.717) is 11.4 Å². The maximum Gasteiger partial charge on any atom is 0.262 e. The molecule has 0 radical (unpaired) electrons. The lowest BCUT2D eigenvalue weighted by atomic mass is 10.1. The van der Waals surface area contributed by atoms with Crippen molar-refractivity contribution in [2.24, 2.45) is 0 Å². The number of amides is 2. The number of imide groups is 1. The predicted molar refractivity (Wildman–Crippen MR) is 133 cm³/mol. The van der Waals surface area contributed by atoms with Crippen LogP contribution in [0.15, 0.2) is 64.5 Å². The quantitative estimate of drug-likeness (QED) is 0.287. The molecule has 1 saturated heterocycles. The Bertz CT molecular complexity index is 1660. The van der Waals surface area contributed by atoms with Crippen LogP contribution in [-0.2, 0) is 24.2 Å². The zero-order valence-corrected chi connectivity index (χ0v) is 20.7. The van der Waals surface area contributed by atoms with Crippen molar-refractivity contribution in [1.82, 2.24) is 24.6 Å². The molecule has 3 heterocycles. The average Bonchev–Trinajstić information content (AvgIpc) is 3.37. The minimum absolute atomic E-state index is 0.0955. The smallest absolute Gasteiger partial charge is 0.262 e. The van der Waals surface area contributed by atoms with Crippen LogP contribution in [0.1, 0.15) is 24.7 Å². The SMILES string of the molecule is COc1ccccc1-n1cc([S+](=O)([O-])Nc2cccc3c(=O)n(C4CCC(=O)NC4=O)c(C)nc23)cn1. The van der Waals surface area contributed by atoms with Crippen molar-refractivity contribution in [1.29, 1.82) is 0 Å². The number of aromatic nitrogens is 4. The number of rotatable bonds is 6. The Kier molecular flexibility index (Phi) is 6.09.